The minimum atomic E-state index is -0.567. The fraction of sp³-hybridized carbons (Fsp3) is 0.333. The van der Waals surface area contributed by atoms with Crippen LogP contribution in [-0.2, 0) is 17.8 Å². The molecule has 30 heavy (non-hydrogen) atoms. The highest BCUT2D eigenvalue weighted by atomic mass is 16.6. The largest absolute Gasteiger partial charge is 0.441 e. The molecule has 4 heterocycles. The van der Waals surface area contributed by atoms with Gasteiger partial charge in [-0.05, 0) is 32.0 Å². The van der Waals surface area contributed by atoms with Crippen LogP contribution in [0.2, 0.25) is 0 Å². The van der Waals surface area contributed by atoms with Gasteiger partial charge >= 0.3 is 6.09 Å². The van der Waals surface area contributed by atoms with Crippen molar-refractivity contribution in [3.63, 3.8) is 0 Å². The monoisotopic (exact) mass is 404 g/mol. The Morgan fingerprint density at radius 1 is 1.30 bits per heavy atom. The van der Waals surface area contributed by atoms with Crippen molar-refractivity contribution < 1.29 is 14.3 Å². The Labute approximate surface area is 172 Å². The van der Waals surface area contributed by atoms with Crippen LogP contribution in [0.15, 0.2) is 30.5 Å². The van der Waals surface area contributed by atoms with Crippen molar-refractivity contribution in [1.29, 1.82) is 5.26 Å². The number of ether oxygens (including phenoxy) is 1. The number of amides is 2. The number of carbonyl (C=O) groups excluding carboxylic acids is 2. The Hall–Kier alpha value is -3.80. The molecule has 9 heteroatoms. The second-order valence-corrected chi connectivity index (χ2v) is 8.24. The number of aromatic nitrogens is 3. The predicted octanol–water partition coefficient (Wildman–Crippen LogP) is 2.63. The summed E-state index contributed by atoms with van der Waals surface area (Å²) in [5.74, 6) is -0.132. The van der Waals surface area contributed by atoms with Crippen molar-refractivity contribution in [3.05, 3.63) is 47.4 Å². The Morgan fingerprint density at radius 3 is 2.87 bits per heavy atom. The number of nitrogens with zero attached hydrogens (tertiary/aromatic N) is 5. The number of benzene rings is 1. The smallest absolute Gasteiger partial charge is 0.415 e. The van der Waals surface area contributed by atoms with Gasteiger partial charge in [0, 0.05) is 17.4 Å². The number of H-pyrrole nitrogens is 1. The highest BCUT2D eigenvalue weighted by molar-refractivity contribution is 5.98. The number of rotatable bonds is 2. The number of anilines is 1. The third kappa shape index (κ3) is 2.88. The molecule has 0 spiro atoms. The van der Waals surface area contributed by atoms with Gasteiger partial charge < -0.3 is 14.6 Å². The molecule has 1 saturated heterocycles. The molecule has 0 atom stereocenters. The summed E-state index contributed by atoms with van der Waals surface area (Å²) in [6.07, 6.45) is 1.27. The van der Waals surface area contributed by atoms with Gasteiger partial charge in [-0.15, -0.1) is 0 Å². The second kappa shape index (κ2) is 6.35. The maximum absolute atomic E-state index is 13.2. The number of hydrogen-bond donors (Lipinski definition) is 1. The minimum Gasteiger partial charge on any atom is -0.441 e. The van der Waals surface area contributed by atoms with E-state index in [0.717, 1.165) is 16.6 Å². The van der Waals surface area contributed by atoms with Crippen LogP contribution in [-0.4, -0.2) is 50.4 Å². The van der Waals surface area contributed by atoms with E-state index in [1.807, 2.05) is 24.6 Å². The van der Waals surface area contributed by atoms with Crippen molar-refractivity contribution in [1.82, 2.24) is 19.7 Å². The lowest BCUT2D eigenvalue weighted by atomic mass is 10.1. The van der Waals surface area contributed by atoms with Crippen molar-refractivity contribution in [2.45, 2.75) is 32.5 Å². The molecule has 0 aliphatic carbocycles. The first kappa shape index (κ1) is 18.2. The van der Waals surface area contributed by atoms with Gasteiger partial charge in [0.15, 0.2) is 0 Å². The summed E-state index contributed by atoms with van der Waals surface area (Å²) < 4.78 is 7.25. The molecule has 152 valence electrons. The first-order valence-corrected chi connectivity index (χ1v) is 9.72. The van der Waals surface area contributed by atoms with E-state index in [2.05, 4.69) is 16.2 Å². The lowest BCUT2D eigenvalue weighted by Crippen LogP contribution is -2.39. The van der Waals surface area contributed by atoms with E-state index in [1.165, 1.54) is 0 Å². The van der Waals surface area contributed by atoms with Gasteiger partial charge in [0.05, 0.1) is 48.8 Å². The molecule has 2 aromatic heterocycles. The zero-order chi connectivity index (χ0) is 21.0. The number of carbonyl (C=O) groups is 2. The average Bonchev–Trinajstić information content (AvgIpc) is 3.40. The van der Waals surface area contributed by atoms with Crippen LogP contribution >= 0.6 is 0 Å². The van der Waals surface area contributed by atoms with E-state index in [0.29, 0.717) is 43.1 Å². The number of nitriles is 1. The summed E-state index contributed by atoms with van der Waals surface area (Å²) in [5, 5.41) is 14.3. The summed E-state index contributed by atoms with van der Waals surface area (Å²) >= 11 is 0. The van der Waals surface area contributed by atoms with Crippen LogP contribution in [0.4, 0.5) is 10.5 Å². The van der Waals surface area contributed by atoms with Gasteiger partial charge in [0.25, 0.3) is 5.91 Å². The van der Waals surface area contributed by atoms with E-state index in [-0.39, 0.29) is 5.91 Å². The Bertz CT molecular complexity index is 1230. The van der Waals surface area contributed by atoms with E-state index in [4.69, 9.17) is 10.00 Å². The van der Waals surface area contributed by atoms with Crippen LogP contribution in [0.1, 0.15) is 35.6 Å². The standard InChI is InChI=1S/C21H20N6O3/c1-21(2)12-26(20(29)30-21)17-10-23-27-6-5-25(11-18(17)27)19(28)16-8-14-4-3-13(9-22)7-15(14)24-16/h3-4,7-8,10,24H,5-6,11-12H2,1-2H3. The van der Waals surface area contributed by atoms with E-state index >= 15 is 0 Å². The number of hydrogen-bond acceptors (Lipinski definition) is 5. The number of cyclic esters (lactones) is 1. The number of nitrogens with one attached hydrogen (secondary N) is 1. The topological polar surface area (TPSA) is 107 Å². The van der Waals surface area contributed by atoms with E-state index in [1.54, 1.807) is 34.2 Å². The molecule has 0 saturated carbocycles. The van der Waals surface area contributed by atoms with Gasteiger partial charge in [-0.3, -0.25) is 14.4 Å². The maximum atomic E-state index is 13.2. The summed E-state index contributed by atoms with van der Waals surface area (Å²) in [5.41, 5.74) is 2.68. The minimum absolute atomic E-state index is 0.132. The lowest BCUT2D eigenvalue weighted by molar-refractivity contribution is 0.0701. The third-order valence-electron chi connectivity index (χ3n) is 5.53. The van der Waals surface area contributed by atoms with Crippen molar-refractivity contribution >= 4 is 28.6 Å². The van der Waals surface area contributed by atoms with Gasteiger partial charge in [-0.1, -0.05) is 6.07 Å². The molecule has 1 fully saturated rings. The maximum Gasteiger partial charge on any atom is 0.415 e. The first-order valence-electron chi connectivity index (χ1n) is 9.72. The van der Waals surface area contributed by atoms with Gasteiger partial charge in [-0.2, -0.15) is 10.4 Å². The first-order chi connectivity index (χ1) is 14.3. The molecule has 2 aliphatic rings. The quantitative estimate of drug-likeness (QED) is 0.706. The summed E-state index contributed by atoms with van der Waals surface area (Å²) in [6, 6.07) is 9.19. The molecule has 1 aromatic carbocycles. The van der Waals surface area contributed by atoms with Crippen LogP contribution in [0.3, 0.4) is 0 Å². The summed E-state index contributed by atoms with van der Waals surface area (Å²) in [6.45, 7) is 5.57. The van der Waals surface area contributed by atoms with Crippen molar-refractivity contribution in [2.24, 2.45) is 0 Å². The second-order valence-electron chi connectivity index (χ2n) is 8.24. The van der Waals surface area contributed by atoms with Crippen LogP contribution < -0.4 is 4.90 Å². The summed E-state index contributed by atoms with van der Waals surface area (Å²) in [4.78, 5) is 31.9. The van der Waals surface area contributed by atoms with Gasteiger partial charge in [-0.25, -0.2) is 4.79 Å². The van der Waals surface area contributed by atoms with Crippen molar-refractivity contribution in [2.75, 3.05) is 18.0 Å². The zero-order valence-electron chi connectivity index (χ0n) is 16.7. The molecular formula is C21H20N6O3. The SMILES string of the molecule is CC1(C)CN(c2cnn3c2CN(C(=O)c2cc4ccc(C#N)cc4[nH]2)CC3)C(=O)O1. The van der Waals surface area contributed by atoms with Crippen LogP contribution in [0.25, 0.3) is 10.9 Å². The Kier molecular flexibility index (Phi) is 3.86. The Balaban J connectivity index is 1.42. The highest BCUT2D eigenvalue weighted by Gasteiger charge is 2.40. The molecule has 0 radical (unpaired) electrons. The summed E-state index contributed by atoms with van der Waals surface area (Å²) in [7, 11) is 0. The van der Waals surface area contributed by atoms with Gasteiger partial charge in [0.2, 0.25) is 0 Å². The van der Waals surface area contributed by atoms with Gasteiger partial charge in [0.1, 0.15) is 11.3 Å². The van der Waals surface area contributed by atoms with Crippen LogP contribution in [0.5, 0.6) is 0 Å². The molecule has 9 nitrogen and oxygen atoms in total. The molecule has 3 aromatic rings. The molecule has 2 aliphatic heterocycles. The normalized spacial score (nSPS) is 17.7. The third-order valence-corrected chi connectivity index (χ3v) is 5.53. The Morgan fingerprint density at radius 2 is 2.13 bits per heavy atom. The van der Waals surface area contributed by atoms with Crippen LogP contribution in [0, 0.1) is 11.3 Å². The molecule has 0 unspecified atom stereocenters. The molecule has 5 rings (SSSR count). The molecule has 2 amide bonds. The average molecular weight is 404 g/mol. The zero-order valence-corrected chi connectivity index (χ0v) is 16.7. The number of aromatic amines is 1. The highest BCUT2D eigenvalue weighted by Crippen LogP contribution is 2.32. The molecular weight excluding hydrogens is 384 g/mol. The van der Waals surface area contributed by atoms with E-state index < -0.39 is 11.7 Å². The number of fused-ring (bicyclic) bond motifs is 2. The predicted molar refractivity (Wildman–Crippen MR) is 108 cm³/mol. The fourth-order valence-electron chi connectivity index (χ4n) is 4.06. The molecule has 0 bridgehead atoms. The lowest BCUT2D eigenvalue weighted by Gasteiger charge is -2.29. The molecule has 1 N–H and O–H groups in total. The van der Waals surface area contributed by atoms with Crippen molar-refractivity contribution in [3.8, 4) is 6.07 Å². The fourth-order valence-corrected chi connectivity index (χ4v) is 4.06. The van der Waals surface area contributed by atoms with E-state index in [9.17, 15) is 9.59 Å².